The van der Waals surface area contributed by atoms with Crippen LogP contribution in [0.15, 0.2) is 36.4 Å². The van der Waals surface area contributed by atoms with Crippen LogP contribution in [0.1, 0.15) is 28.2 Å². The van der Waals surface area contributed by atoms with E-state index in [2.05, 4.69) is 10.4 Å². The highest BCUT2D eigenvalue weighted by Crippen LogP contribution is 2.34. The number of hydrogen-bond donors (Lipinski definition) is 1. The Labute approximate surface area is 154 Å². The minimum absolute atomic E-state index is 0.0279. The number of fused-ring (bicyclic) bond motifs is 3. The Morgan fingerprint density at radius 2 is 2.08 bits per heavy atom. The van der Waals surface area contributed by atoms with Gasteiger partial charge < -0.3 is 10.2 Å². The summed E-state index contributed by atoms with van der Waals surface area (Å²) in [6, 6.07) is 11.6. The number of nitrogens with one attached hydrogen (secondary N) is 1. The Kier molecular flexibility index (Phi) is 3.40. The molecule has 2 bridgehead atoms. The Morgan fingerprint density at radius 1 is 1.27 bits per heavy atom. The Bertz CT molecular complexity index is 1020. The fourth-order valence-corrected chi connectivity index (χ4v) is 5.14. The van der Waals surface area contributed by atoms with Crippen molar-refractivity contribution in [2.45, 2.75) is 31.8 Å². The van der Waals surface area contributed by atoms with E-state index < -0.39 is 0 Å². The van der Waals surface area contributed by atoms with Crippen molar-refractivity contribution in [1.29, 1.82) is 0 Å². The molecule has 2 fully saturated rings. The van der Waals surface area contributed by atoms with Gasteiger partial charge in [-0.25, -0.2) is 4.68 Å². The predicted molar refractivity (Wildman–Crippen MR) is 99.7 cm³/mol. The molecule has 0 aliphatic carbocycles. The largest absolute Gasteiger partial charge is 0.352 e. The molecule has 1 N–H and O–H groups in total. The van der Waals surface area contributed by atoms with Crippen LogP contribution in [0.2, 0.25) is 0 Å². The second-order valence-corrected chi connectivity index (χ2v) is 7.90. The number of para-hydroxylation sites is 1. The molecule has 26 heavy (non-hydrogen) atoms. The zero-order chi connectivity index (χ0) is 17.8. The lowest BCUT2D eigenvalue weighted by Gasteiger charge is -2.33. The van der Waals surface area contributed by atoms with Crippen molar-refractivity contribution in [2.24, 2.45) is 0 Å². The Balaban J connectivity index is 1.56. The van der Waals surface area contributed by atoms with Crippen molar-refractivity contribution in [1.82, 2.24) is 20.0 Å². The first kappa shape index (κ1) is 15.6. The summed E-state index contributed by atoms with van der Waals surface area (Å²) in [5.74, 6) is -0.0626. The SMILES string of the molecule is Cc1nn(-c2ccccc2)c2sc(C(=O)N3C4CCC3C(=O)NC4)cc12. The highest BCUT2D eigenvalue weighted by molar-refractivity contribution is 7.20. The summed E-state index contributed by atoms with van der Waals surface area (Å²) in [5.41, 5.74) is 1.88. The van der Waals surface area contributed by atoms with Crippen LogP contribution in [-0.4, -0.2) is 45.1 Å². The van der Waals surface area contributed by atoms with Crippen molar-refractivity contribution in [3.63, 3.8) is 0 Å². The van der Waals surface area contributed by atoms with Crippen LogP contribution >= 0.6 is 11.3 Å². The minimum Gasteiger partial charge on any atom is -0.352 e. The second-order valence-electron chi connectivity index (χ2n) is 6.87. The van der Waals surface area contributed by atoms with E-state index in [1.807, 2.05) is 48.0 Å². The molecular formula is C19H18N4O2S. The van der Waals surface area contributed by atoms with Gasteiger partial charge in [-0.2, -0.15) is 5.10 Å². The third kappa shape index (κ3) is 2.20. The van der Waals surface area contributed by atoms with Gasteiger partial charge >= 0.3 is 0 Å². The molecule has 0 spiro atoms. The number of hydrogen-bond acceptors (Lipinski definition) is 4. The normalized spacial score (nSPS) is 22.0. The number of rotatable bonds is 2. The van der Waals surface area contributed by atoms with Crippen molar-refractivity contribution < 1.29 is 9.59 Å². The Morgan fingerprint density at radius 3 is 2.88 bits per heavy atom. The topological polar surface area (TPSA) is 67.2 Å². The van der Waals surface area contributed by atoms with Gasteiger partial charge in [0.05, 0.1) is 22.3 Å². The highest BCUT2D eigenvalue weighted by atomic mass is 32.1. The summed E-state index contributed by atoms with van der Waals surface area (Å²) in [6.45, 7) is 2.52. The number of aryl methyl sites for hydroxylation is 1. The molecule has 2 unspecified atom stereocenters. The molecular weight excluding hydrogens is 348 g/mol. The van der Waals surface area contributed by atoms with E-state index in [4.69, 9.17) is 0 Å². The first-order valence-corrected chi connectivity index (χ1v) is 9.60. The quantitative estimate of drug-likeness (QED) is 0.758. The molecule has 0 radical (unpaired) electrons. The molecule has 0 saturated carbocycles. The number of nitrogens with zero attached hydrogens (tertiary/aromatic N) is 3. The van der Waals surface area contributed by atoms with Gasteiger partial charge in [0.2, 0.25) is 5.91 Å². The molecule has 6 nitrogen and oxygen atoms in total. The summed E-state index contributed by atoms with van der Waals surface area (Å²) in [4.78, 5) is 28.7. The standard InChI is InChI=1S/C19H18N4O2S/c1-11-14-9-16(18(25)22-13-7-8-15(22)17(24)20-10-13)26-19(14)23(21-11)12-5-3-2-4-6-12/h2-6,9,13,15H,7-8,10H2,1H3,(H,20,24). The van der Waals surface area contributed by atoms with Gasteiger partial charge in [0.15, 0.2) is 0 Å². The molecule has 132 valence electrons. The molecule has 2 atom stereocenters. The molecule has 2 aliphatic rings. The molecule has 2 saturated heterocycles. The molecule has 2 aromatic heterocycles. The van der Waals surface area contributed by atoms with E-state index in [9.17, 15) is 9.59 Å². The molecule has 2 aliphatic heterocycles. The maximum absolute atomic E-state index is 13.2. The average molecular weight is 366 g/mol. The van der Waals surface area contributed by atoms with E-state index in [0.29, 0.717) is 11.4 Å². The third-order valence-electron chi connectivity index (χ3n) is 5.31. The van der Waals surface area contributed by atoms with Crippen LogP contribution in [0.5, 0.6) is 0 Å². The number of aromatic nitrogens is 2. The van der Waals surface area contributed by atoms with Crippen molar-refractivity contribution in [3.05, 3.63) is 47.0 Å². The fourth-order valence-electron chi connectivity index (χ4n) is 4.01. The van der Waals surface area contributed by atoms with Crippen LogP contribution in [0.3, 0.4) is 0 Å². The van der Waals surface area contributed by atoms with Crippen molar-refractivity contribution in [2.75, 3.05) is 6.54 Å². The summed E-state index contributed by atoms with van der Waals surface area (Å²) in [5, 5.41) is 8.52. The van der Waals surface area contributed by atoms with Gasteiger partial charge in [0, 0.05) is 11.9 Å². The summed E-state index contributed by atoms with van der Waals surface area (Å²) in [6.07, 6.45) is 1.64. The first-order chi connectivity index (χ1) is 12.6. The zero-order valence-corrected chi connectivity index (χ0v) is 15.1. The molecule has 7 heteroatoms. The lowest BCUT2D eigenvalue weighted by Crippen LogP contribution is -2.57. The lowest BCUT2D eigenvalue weighted by atomic mass is 10.2. The highest BCUT2D eigenvalue weighted by Gasteiger charge is 2.45. The maximum atomic E-state index is 13.2. The second kappa shape index (κ2) is 5.67. The molecule has 2 amide bonds. The van der Waals surface area contributed by atoms with Crippen molar-refractivity contribution >= 4 is 33.4 Å². The van der Waals surface area contributed by atoms with Crippen LogP contribution < -0.4 is 5.32 Å². The van der Waals surface area contributed by atoms with Gasteiger partial charge in [0.1, 0.15) is 10.9 Å². The molecule has 3 aromatic rings. The zero-order valence-electron chi connectivity index (χ0n) is 14.3. The van der Waals surface area contributed by atoms with E-state index in [1.165, 1.54) is 11.3 Å². The third-order valence-corrected chi connectivity index (χ3v) is 6.41. The number of amides is 2. The van der Waals surface area contributed by atoms with E-state index in [-0.39, 0.29) is 23.9 Å². The summed E-state index contributed by atoms with van der Waals surface area (Å²) < 4.78 is 1.89. The number of benzene rings is 1. The Hall–Kier alpha value is -2.67. The van der Waals surface area contributed by atoms with Crippen LogP contribution in [0.4, 0.5) is 0 Å². The van der Waals surface area contributed by atoms with Gasteiger partial charge in [0.25, 0.3) is 5.91 Å². The molecule has 4 heterocycles. The minimum atomic E-state index is -0.321. The fraction of sp³-hybridized carbons (Fsp3) is 0.316. The van der Waals surface area contributed by atoms with Gasteiger partial charge in [-0.05, 0) is 38.0 Å². The maximum Gasteiger partial charge on any atom is 0.265 e. The monoisotopic (exact) mass is 366 g/mol. The lowest BCUT2D eigenvalue weighted by molar-refractivity contribution is -0.127. The van der Waals surface area contributed by atoms with Crippen LogP contribution in [0, 0.1) is 6.92 Å². The molecule has 5 rings (SSSR count). The van der Waals surface area contributed by atoms with Gasteiger partial charge in [-0.1, -0.05) is 18.2 Å². The van der Waals surface area contributed by atoms with Gasteiger partial charge in [-0.3, -0.25) is 9.59 Å². The smallest absolute Gasteiger partial charge is 0.265 e. The predicted octanol–water partition coefficient (Wildman–Crippen LogP) is 2.50. The number of piperazine rings is 1. The number of carbonyl (C=O) groups excluding carboxylic acids is 2. The summed E-state index contributed by atoms with van der Waals surface area (Å²) in [7, 11) is 0. The van der Waals surface area contributed by atoms with E-state index >= 15 is 0 Å². The van der Waals surface area contributed by atoms with E-state index in [1.54, 1.807) is 4.90 Å². The molecule has 1 aromatic carbocycles. The first-order valence-electron chi connectivity index (χ1n) is 8.78. The van der Waals surface area contributed by atoms with E-state index in [0.717, 1.165) is 34.4 Å². The number of thiophene rings is 1. The van der Waals surface area contributed by atoms with Crippen molar-refractivity contribution in [3.8, 4) is 5.69 Å². The average Bonchev–Trinajstić information content (AvgIpc) is 3.32. The van der Waals surface area contributed by atoms with Crippen LogP contribution in [-0.2, 0) is 4.79 Å². The summed E-state index contributed by atoms with van der Waals surface area (Å²) >= 11 is 1.45. The number of carbonyl (C=O) groups is 2. The van der Waals surface area contributed by atoms with Gasteiger partial charge in [-0.15, -0.1) is 11.3 Å². The van der Waals surface area contributed by atoms with Crippen LogP contribution in [0.25, 0.3) is 15.9 Å².